The molecular weight excluding hydrogens is 411 g/mol. The van der Waals surface area contributed by atoms with Gasteiger partial charge in [0.2, 0.25) is 0 Å². The van der Waals surface area contributed by atoms with Crippen LogP contribution < -0.4 is 5.32 Å². The first-order valence-corrected chi connectivity index (χ1v) is 11.0. The summed E-state index contributed by atoms with van der Waals surface area (Å²) < 4.78 is 18.4. The number of anilines is 1. The van der Waals surface area contributed by atoms with Crippen molar-refractivity contribution in [1.82, 2.24) is 4.98 Å². The number of esters is 1. The predicted octanol–water partition coefficient (Wildman–Crippen LogP) is 5.07. The van der Waals surface area contributed by atoms with Crippen molar-refractivity contribution in [3.63, 3.8) is 0 Å². The van der Waals surface area contributed by atoms with Crippen molar-refractivity contribution in [2.75, 3.05) is 5.32 Å². The third-order valence-corrected chi connectivity index (χ3v) is 6.70. The minimum absolute atomic E-state index is 0.320. The fourth-order valence-electron chi connectivity index (χ4n) is 3.15. The van der Waals surface area contributed by atoms with Crippen molar-refractivity contribution >= 4 is 39.7 Å². The smallest absolute Gasteiger partial charge is 0.349 e. The quantitative estimate of drug-likeness (QED) is 0.574. The van der Waals surface area contributed by atoms with E-state index in [1.807, 2.05) is 6.07 Å². The second-order valence-electron chi connectivity index (χ2n) is 6.85. The molecule has 1 atom stereocenters. The highest BCUT2D eigenvalue weighted by Gasteiger charge is 2.23. The molecule has 3 aromatic rings. The summed E-state index contributed by atoms with van der Waals surface area (Å²) in [5.74, 6) is -1.24. The maximum Gasteiger partial charge on any atom is 0.349 e. The van der Waals surface area contributed by atoms with E-state index in [0.717, 1.165) is 31.2 Å². The number of amides is 1. The number of nitrogens with zero attached hydrogens (tertiary/aromatic N) is 1. The Hall–Kier alpha value is -2.58. The summed E-state index contributed by atoms with van der Waals surface area (Å²) in [5.41, 5.74) is 2.62. The number of thiazole rings is 1. The lowest BCUT2D eigenvalue weighted by Gasteiger charge is -2.11. The Morgan fingerprint density at radius 2 is 1.97 bits per heavy atom. The maximum atomic E-state index is 13.0. The van der Waals surface area contributed by atoms with Crippen LogP contribution >= 0.6 is 22.7 Å². The minimum atomic E-state index is -0.945. The molecule has 29 heavy (non-hydrogen) atoms. The largest absolute Gasteiger partial charge is 0.448 e. The van der Waals surface area contributed by atoms with Crippen molar-refractivity contribution in [1.29, 1.82) is 0 Å². The molecule has 1 aromatic carbocycles. The number of benzene rings is 1. The fraction of sp³-hybridized carbons (Fsp3) is 0.286. The second kappa shape index (κ2) is 8.42. The first-order valence-electron chi connectivity index (χ1n) is 9.34. The van der Waals surface area contributed by atoms with Gasteiger partial charge in [-0.1, -0.05) is 0 Å². The Labute approximate surface area is 175 Å². The van der Waals surface area contributed by atoms with E-state index >= 15 is 0 Å². The lowest BCUT2D eigenvalue weighted by atomic mass is 9.99. The average Bonchev–Trinajstić information content (AvgIpc) is 3.35. The SMILES string of the molecule is CC(OC(=O)c1cc2c(s1)CCCC2)C(=O)Nc1nc(-c2ccc(F)cc2)cs1. The molecule has 0 saturated carbocycles. The zero-order chi connectivity index (χ0) is 20.4. The van der Waals surface area contributed by atoms with Gasteiger partial charge in [0.25, 0.3) is 5.91 Å². The van der Waals surface area contributed by atoms with Crippen LogP contribution in [0.2, 0.25) is 0 Å². The van der Waals surface area contributed by atoms with Crippen LogP contribution in [0.5, 0.6) is 0 Å². The number of nitrogens with one attached hydrogen (secondary N) is 1. The first kappa shape index (κ1) is 19.7. The van der Waals surface area contributed by atoms with Crippen LogP contribution in [-0.4, -0.2) is 23.0 Å². The van der Waals surface area contributed by atoms with E-state index in [1.54, 1.807) is 17.5 Å². The molecule has 0 bridgehead atoms. The van der Waals surface area contributed by atoms with Crippen LogP contribution in [0.4, 0.5) is 9.52 Å². The minimum Gasteiger partial charge on any atom is -0.448 e. The summed E-state index contributed by atoms with van der Waals surface area (Å²) in [6, 6.07) is 7.86. The molecule has 1 amide bonds. The molecule has 1 unspecified atom stereocenters. The fourth-order valence-corrected chi connectivity index (χ4v) is 5.01. The molecule has 0 aliphatic heterocycles. The number of carbonyl (C=O) groups is 2. The highest BCUT2D eigenvalue weighted by atomic mass is 32.1. The van der Waals surface area contributed by atoms with Gasteiger partial charge >= 0.3 is 5.97 Å². The number of rotatable bonds is 5. The highest BCUT2D eigenvalue weighted by molar-refractivity contribution is 7.14. The molecule has 1 aliphatic rings. The van der Waals surface area contributed by atoms with Gasteiger partial charge in [0.15, 0.2) is 11.2 Å². The Kier molecular flexibility index (Phi) is 5.73. The van der Waals surface area contributed by atoms with E-state index in [0.29, 0.717) is 15.7 Å². The van der Waals surface area contributed by atoms with Crippen LogP contribution in [0.25, 0.3) is 11.3 Å². The molecule has 2 aromatic heterocycles. The van der Waals surface area contributed by atoms with E-state index in [4.69, 9.17) is 4.74 Å². The molecule has 8 heteroatoms. The molecule has 0 fully saturated rings. The van der Waals surface area contributed by atoms with Crippen molar-refractivity contribution < 1.29 is 18.7 Å². The van der Waals surface area contributed by atoms with Crippen LogP contribution in [0, 0.1) is 5.82 Å². The van der Waals surface area contributed by atoms with Crippen LogP contribution in [-0.2, 0) is 22.4 Å². The molecular formula is C21H19FN2O3S2. The average molecular weight is 431 g/mol. The number of carbonyl (C=O) groups excluding carboxylic acids is 2. The van der Waals surface area contributed by atoms with E-state index in [-0.39, 0.29) is 5.82 Å². The van der Waals surface area contributed by atoms with Gasteiger partial charge in [-0.25, -0.2) is 14.2 Å². The normalized spacial score (nSPS) is 14.1. The van der Waals surface area contributed by atoms with Crippen LogP contribution in [0.15, 0.2) is 35.7 Å². The summed E-state index contributed by atoms with van der Waals surface area (Å²) >= 11 is 2.71. The maximum absolute atomic E-state index is 13.0. The number of hydrogen-bond donors (Lipinski definition) is 1. The molecule has 0 saturated heterocycles. The zero-order valence-electron chi connectivity index (χ0n) is 15.7. The molecule has 0 spiro atoms. The number of hydrogen-bond acceptors (Lipinski definition) is 6. The van der Waals surface area contributed by atoms with Gasteiger partial charge in [0.1, 0.15) is 10.7 Å². The number of aryl methyl sites for hydroxylation is 2. The third-order valence-electron chi connectivity index (χ3n) is 4.73. The summed E-state index contributed by atoms with van der Waals surface area (Å²) in [5, 5.41) is 4.84. The van der Waals surface area contributed by atoms with Crippen molar-refractivity contribution in [3.05, 3.63) is 56.8 Å². The summed E-state index contributed by atoms with van der Waals surface area (Å²) in [7, 11) is 0. The van der Waals surface area contributed by atoms with Gasteiger partial charge < -0.3 is 4.74 Å². The third kappa shape index (κ3) is 4.54. The molecule has 5 nitrogen and oxygen atoms in total. The summed E-state index contributed by atoms with van der Waals surface area (Å²) in [6.45, 7) is 1.54. The van der Waals surface area contributed by atoms with Crippen molar-refractivity contribution in [3.8, 4) is 11.3 Å². The van der Waals surface area contributed by atoms with Gasteiger partial charge in [0.05, 0.1) is 5.69 Å². The van der Waals surface area contributed by atoms with E-state index < -0.39 is 18.0 Å². The van der Waals surface area contributed by atoms with Crippen molar-refractivity contribution in [2.24, 2.45) is 0 Å². The Morgan fingerprint density at radius 1 is 1.21 bits per heavy atom. The first-order chi connectivity index (χ1) is 14.0. The number of fused-ring (bicyclic) bond motifs is 1. The van der Waals surface area contributed by atoms with Gasteiger partial charge in [-0.15, -0.1) is 22.7 Å². The molecule has 0 radical (unpaired) electrons. The Morgan fingerprint density at radius 3 is 2.72 bits per heavy atom. The molecule has 2 heterocycles. The van der Waals surface area contributed by atoms with E-state index in [1.165, 1.54) is 52.2 Å². The Bertz CT molecular complexity index is 1020. The van der Waals surface area contributed by atoms with Gasteiger partial charge in [-0.3, -0.25) is 10.1 Å². The number of aromatic nitrogens is 1. The standard InChI is InChI=1S/C21H19FN2O3S2/c1-12(27-20(26)18-10-14-4-2-3-5-17(14)29-18)19(25)24-21-23-16(11-28-21)13-6-8-15(22)9-7-13/h6-12H,2-5H2,1H3,(H,23,24,25). The number of thiophene rings is 1. The lowest BCUT2D eigenvalue weighted by molar-refractivity contribution is -0.123. The van der Waals surface area contributed by atoms with E-state index in [9.17, 15) is 14.0 Å². The topological polar surface area (TPSA) is 68.3 Å². The summed E-state index contributed by atoms with van der Waals surface area (Å²) in [4.78, 5) is 30.9. The van der Waals surface area contributed by atoms with Gasteiger partial charge in [-0.05, 0) is 68.5 Å². The molecule has 4 rings (SSSR count). The lowest BCUT2D eigenvalue weighted by Crippen LogP contribution is -2.29. The predicted molar refractivity (Wildman–Crippen MR) is 112 cm³/mol. The van der Waals surface area contributed by atoms with Gasteiger partial charge in [0, 0.05) is 15.8 Å². The zero-order valence-corrected chi connectivity index (χ0v) is 17.4. The number of ether oxygens (including phenoxy) is 1. The molecule has 1 aliphatic carbocycles. The van der Waals surface area contributed by atoms with Crippen LogP contribution in [0.1, 0.15) is 39.9 Å². The van der Waals surface area contributed by atoms with Gasteiger partial charge in [-0.2, -0.15) is 0 Å². The monoisotopic (exact) mass is 430 g/mol. The van der Waals surface area contributed by atoms with Crippen LogP contribution in [0.3, 0.4) is 0 Å². The Balaban J connectivity index is 1.36. The van der Waals surface area contributed by atoms with E-state index in [2.05, 4.69) is 10.3 Å². The molecule has 150 valence electrons. The number of halogens is 1. The summed E-state index contributed by atoms with van der Waals surface area (Å²) in [6.07, 6.45) is 3.35. The highest BCUT2D eigenvalue weighted by Crippen LogP contribution is 2.30. The molecule has 1 N–H and O–H groups in total. The van der Waals surface area contributed by atoms with Crippen molar-refractivity contribution in [2.45, 2.75) is 38.7 Å². The second-order valence-corrected chi connectivity index (χ2v) is 8.84.